The Kier molecular flexibility index (Phi) is 2.79. The molecule has 0 bridgehead atoms. The SMILES string of the molecule is Cn1cc(CC(O)CNC2CC2)nn1. The second kappa shape index (κ2) is 4.06. The molecule has 0 aliphatic heterocycles. The van der Waals surface area contributed by atoms with Crippen LogP contribution in [-0.2, 0) is 13.5 Å². The fraction of sp³-hybridized carbons (Fsp3) is 0.778. The predicted octanol–water partition coefficient (Wildman–Crippen LogP) is -0.530. The third-order valence-corrected chi connectivity index (χ3v) is 2.31. The molecule has 1 saturated carbocycles. The number of aryl methyl sites for hydroxylation is 1. The van der Waals surface area contributed by atoms with Crippen LogP contribution in [0.1, 0.15) is 18.5 Å². The van der Waals surface area contributed by atoms with E-state index in [4.69, 9.17) is 0 Å². The second-order valence-electron chi connectivity index (χ2n) is 3.92. The minimum Gasteiger partial charge on any atom is -0.391 e. The first-order valence-corrected chi connectivity index (χ1v) is 5.00. The van der Waals surface area contributed by atoms with E-state index in [9.17, 15) is 5.11 Å². The van der Waals surface area contributed by atoms with Gasteiger partial charge in [0.15, 0.2) is 0 Å². The van der Waals surface area contributed by atoms with Crippen LogP contribution in [0.15, 0.2) is 6.20 Å². The maximum absolute atomic E-state index is 9.65. The Bertz CT molecular complexity index is 295. The van der Waals surface area contributed by atoms with Gasteiger partial charge in [-0.1, -0.05) is 5.21 Å². The third-order valence-electron chi connectivity index (χ3n) is 2.31. The quantitative estimate of drug-likeness (QED) is 0.664. The highest BCUT2D eigenvalue weighted by atomic mass is 16.3. The van der Waals surface area contributed by atoms with Gasteiger partial charge in [-0.25, -0.2) is 0 Å². The van der Waals surface area contributed by atoms with Gasteiger partial charge in [0.05, 0.1) is 11.8 Å². The summed E-state index contributed by atoms with van der Waals surface area (Å²) in [6.07, 6.45) is 4.55. The Morgan fingerprint density at radius 2 is 2.50 bits per heavy atom. The van der Waals surface area contributed by atoms with Gasteiger partial charge in [-0.3, -0.25) is 4.68 Å². The average molecular weight is 196 g/mol. The minimum absolute atomic E-state index is 0.354. The first-order valence-electron chi connectivity index (χ1n) is 5.00. The van der Waals surface area contributed by atoms with Crippen molar-refractivity contribution in [1.82, 2.24) is 20.3 Å². The van der Waals surface area contributed by atoms with E-state index in [1.807, 2.05) is 13.2 Å². The molecule has 1 aliphatic rings. The Hall–Kier alpha value is -0.940. The van der Waals surface area contributed by atoms with Crippen LogP contribution in [0.25, 0.3) is 0 Å². The van der Waals surface area contributed by atoms with Crippen molar-refractivity contribution in [1.29, 1.82) is 0 Å². The Morgan fingerprint density at radius 1 is 1.71 bits per heavy atom. The lowest BCUT2D eigenvalue weighted by Crippen LogP contribution is -2.29. The molecule has 1 fully saturated rings. The van der Waals surface area contributed by atoms with Gasteiger partial charge in [0.2, 0.25) is 0 Å². The van der Waals surface area contributed by atoms with E-state index in [0.29, 0.717) is 19.0 Å². The summed E-state index contributed by atoms with van der Waals surface area (Å²) in [5.41, 5.74) is 0.845. The number of nitrogens with zero attached hydrogens (tertiary/aromatic N) is 3. The summed E-state index contributed by atoms with van der Waals surface area (Å²) in [5.74, 6) is 0. The molecule has 0 radical (unpaired) electrons. The van der Waals surface area contributed by atoms with Gasteiger partial charge in [-0.15, -0.1) is 5.10 Å². The normalized spacial score (nSPS) is 18.4. The summed E-state index contributed by atoms with van der Waals surface area (Å²) in [7, 11) is 1.82. The second-order valence-corrected chi connectivity index (χ2v) is 3.92. The Balaban J connectivity index is 1.72. The highest BCUT2D eigenvalue weighted by molar-refractivity contribution is 4.95. The fourth-order valence-corrected chi connectivity index (χ4v) is 1.39. The molecule has 1 aromatic rings. The van der Waals surface area contributed by atoms with E-state index in [2.05, 4.69) is 15.6 Å². The van der Waals surface area contributed by atoms with Crippen LogP contribution in [0, 0.1) is 0 Å². The van der Waals surface area contributed by atoms with E-state index in [-0.39, 0.29) is 6.10 Å². The number of hydrogen-bond donors (Lipinski definition) is 2. The van der Waals surface area contributed by atoms with Crippen molar-refractivity contribution < 1.29 is 5.11 Å². The average Bonchev–Trinajstić information content (AvgIpc) is 2.88. The van der Waals surface area contributed by atoms with Crippen molar-refractivity contribution in [2.75, 3.05) is 6.54 Å². The minimum atomic E-state index is -0.354. The van der Waals surface area contributed by atoms with Crippen molar-refractivity contribution in [3.63, 3.8) is 0 Å². The van der Waals surface area contributed by atoms with Crippen molar-refractivity contribution in [2.45, 2.75) is 31.4 Å². The van der Waals surface area contributed by atoms with E-state index < -0.39 is 0 Å². The van der Waals surface area contributed by atoms with Gasteiger partial charge in [0.25, 0.3) is 0 Å². The smallest absolute Gasteiger partial charge is 0.0853 e. The summed E-state index contributed by atoms with van der Waals surface area (Å²) in [5, 5.41) is 20.7. The lowest BCUT2D eigenvalue weighted by Gasteiger charge is -2.08. The molecule has 0 aromatic carbocycles. The van der Waals surface area contributed by atoms with Gasteiger partial charge < -0.3 is 10.4 Å². The van der Waals surface area contributed by atoms with Gasteiger partial charge in [-0.2, -0.15) is 0 Å². The summed E-state index contributed by atoms with van der Waals surface area (Å²) in [6.45, 7) is 0.654. The molecule has 5 heteroatoms. The highest BCUT2D eigenvalue weighted by Crippen LogP contribution is 2.18. The zero-order valence-corrected chi connectivity index (χ0v) is 8.35. The lowest BCUT2D eigenvalue weighted by molar-refractivity contribution is 0.170. The molecule has 2 rings (SSSR count). The summed E-state index contributed by atoms with van der Waals surface area (Å²) in [6, 6.07) is 0.645. The maximum Gasteiger partial charge on any atom is 0.0853 e. The van der Waals surface area contributed by atoms with Crippen molar-refractivity contribution >= 4 is 0 Å². The van der Waals surface area contributed by atoms with Crippen LogP contribution in [-0.4, -0.2) is 38.8 Å². The number of aliphatic hydroxyl groups is 1. The predicted molar refractivity (Wildman–Crippen MR) is 51.7 cm³/mol. The topological polar surface area (TPSA) is 63.0 Å². The van der Waals surface area contributed by atoms with Gasteiger partial charge >= 0.3 is 0 Å². The van der Waals surface area contributed by atoms with Crippen molar-refractivity contribution in [3.05, 3.63) is 11.9 Å². The van der Waals surface area contributed by atoms with E-state index in [1.54, 1.807) is 4.68 Å². The first-order chi connectivity index (χ1) is 6.74. The number of hydrogen-bond acceptors (Lipinski definition) is 4. The van der Waals surface area contributed by atoms with Crippen LogP contribution < -0.4 is 5.32 Å². The zero-order chi connectivity index (χ0) is 9.97. The van der Waals surface area contributed by atoms with E-state index in [0.717, 1.165) is 5.69 Å². The molecule has 2 N–H and O–H groups in total. The molecule has 1 unspecified atom stereocenters. The Morgan fingerprint density at radius 3 is 3.07 bits per heavy atom. The third kappa shape index (κ3) is 2.78. The summed E-state index contributed by atoms with van der Waals surface area (Å²) < 4.78 is 1.65. The van der Waals surface area contributed by atoms with Crippen molar-refractivity contribution in [3.8, 4) is 0 Å². The molecule has 1 heterocycles. The number of rotatable bonds is 5. The van der Waals surface area contributed by atoms with Crippen LogP contribution in [0.2, 0.25) is 0 Å². The molecule has 5 nitrogen and oxygen atoms in total. The van der Waals surface area contributed by atoms with Gasteiger partial charge in [0.1, 0.15) is 0 Å². The lowest BCUT2D eigenvalue weighted by atomic mass is 10.2. The molecular weight excluding hydrogens is 180 g/mol. The zero-order valence-electron chi connectivity index (χ0n) is 8.35. The molecule has 1 atom stereocenters. The summed E-state index contributed by atoms with van der Waals surface area (Å²) >= 11 is 0. The largest absolute Gasteiger partial charge is 0.391 e. The van der Waals surface area contributed by atoms with Crippen LogP contribution in [0.3, 0.4) is 0 Å². The molecule has 1 aromatic heterocycles. The fourth-order valence-electron chi connectivity index (χ4n) is 1.39. The highest BCUT2D eigenvalue weighted by Gasteiger charge is 2.21. The molecular formula is C9H16N4O. The number of aliphatic hydroxyl groups excluding tert-OH is 1. The van der Waals surface area contributed by atoms with E-state index >= 15 is 0 Å². The maximum atomic E-state index is 9.65. The Labute approximate surface area is 83.1 Å². The van der Waals surface area contributed by atoms with Crippen molar-refractivity contribution in [2.24, 2.45) is 7.05 Å². The number of aromatic nitrogens is 3. The number of nitrogens with one attached hydrogen (secondary N) is 1. The molecule has 0 saturated heterocycles. The standard InChI is InChI=1S/C9H16N4O/c1-13-6-8(11-12-13)4-9(14)5-10-7-2-3-7/h6-7,9-10,14H,2-5H2,1H3. The molecule has 78 valence electrons. The van der Waals surface area contributed by atoms with E-state index in [1.165, 1.54) is 12.8 Å². The summed E-state index contributed by atoms with van der Waals surface area (Å²) in [4.78, 5) is 0. The first kappa shape index (κ1) is 9.61. The van der Waals surface area contributed by atoms with Crippen LogP contribution >= 0.6 is 0 Å². The molecule has 0 amide bonds. The van der Waals surface area contributed by atoms with Gasteiger partial charge in [-0.05, 0) is 12.8 Å². The monoisotopic (exact) mass is 196 g/mol. The van der Waals surface area contributed by atoms with Crippen LogP contribution in [0.4, 0.5) is 0 Å². The molecule has 0 spiro atoms. The van der Waals surface area contributed by atoms with Gasteiger partial charge in [0, 0.05) is 32.3 Å². The molecule has 1 aliphatic carbocycles. The van der Waals surface area contributed by atoms with Crippen LogP contribution in [0.5, 0.6) is 0 Å². The molecule has 14 heavy (non-hydrogen) atoms.